The minimum atomic E-state index is -4.66. The Bertz CT molecular complexity index is 494. The van der Waals surface area contributed by atoms with Crippen molar-refractivity contribution in [2.24, 2.45) is 0 Å². The van der Waals surface area contributed by atoms with Gasteiger partial charge in [0.2, 0.25) is 0 Å². The molecular formula is C12H11F3N2O. The van der Waals surface area contributed by atoms with Crippen LogP contribution < -0.4 is 5.73 Å². The first kappa shape index (κ1) is 12.5. The molecule has 1 heterocycles. The summed E-state index contributed by atoms with van der Waals surface area (Å²) in [6.07, 6.45) is 1.59. The zero-order valence-electron chi connectivity index (χ0n) is 9.32. The van der Waals surface area contributed by atoms with Crippen LogP contribution in [0.1, 0.15) is 17.9 Å². The van der Waals surface area contributed by atoms with Gasteiger partial charge in [0, 0.05) is 24.1 Å². The number of nitrogens with two attached hydrogens (primary N) is 1. The van der Waals surface area contributed by atoms with E-state index in [0.717, 1.165) is 0 Å². The summed E-state index contributed by atoms with van der Waals surface area (Å²) in [4.78, 5) is 3.92. The minimum Gasteiger partial charge on any atom is -0.410 e. The number of allylic oxidation sites excluding steroid dienone is 4. The molecule has 0 spiro atoms. The molecule has 0 aliphatic heterocycles. The van der Waals surface area contributed by atoms with Crippen molar-refractivity contribution < 1.29 is 17.9 Å². The molecule has 0 radical (unpaired) electrons. The Morgan fingerprint density at radius 3 is 2.83 bits per heavy atom. The van der Waals surface area contributed by atoms with Gasteiger partial charge < -0.3 is 10.5 Å². The molecule has 1 aromatic heterocycles. The third kappa shape index (κ3) is 3.03. The standard InChI is InChI=1S/C12H11F3N2O/c13-12(14,15)18-9-4-1-3-8(7-9)10-5-2-6-17-11(10)16/h1-6,8H,7H2,(H2,16,17). The second kappa shape index (κ2) is 4.72. The fraction of sp³-hybridized carbons (Fsp3) is 0.250. The summed E-state index contributed by atoms with van der Waals surface area (Å²) < 4.78 is 40.3. The van der Waals surface area contributed by atoms with E-state index < -0.39 is 6.36 Å². The Labute approximate surface area is 102 Å². The molecule has 6 heteroatoms. The van der Waals surface area contributed by atoms with Gasteiger partial charge >= 0.3 is 6.36 Å². The number of nitrogens with zero attached hydrogens (tertiary/aromatic N) is 1. The van der Waals surface area contributed by atoms with Crippen molar-refractivity contribution in [3.05, 3.63) is 47.9 Å². The van der Waals surface area contributed by atoms with E-state index in [0.29, 0.717) is 11.4 Å². The average molecular weight is 256 g/mol. The minimum absolute atomic E-state index is 0.117. The van der Waals surface area contributed by atoms with Gasteiger partial charge in [-0.15, -0.1) is 13.2 Å². The zero-order chi connectivity index (χ0) is 13.2. The molecule has 2 rings (SSSR count). The molecule has 1 aromatic rings. The number of ether oxygens (including phenoxy) is 1. The Morgan fingerprint density at radius 1 is 1.39 bits per heavy atom. The molecule has 0 amide bonds. The van der Waals surface area contributed by atoms with Gasteiger partial charge in [-0.25, -0.2) is 4.98 Å². The van der Waals surface area contributed by atoms with Crippen LogP contribution in [0.2, 0.25) is 0 Å². The van der Waals surface area contributed by atoms with Crippen molar-refractivity contribution in [1.82, 2.24) is 4.98 Å². The quantitative estimate of drug-likeness (QED) is 0.884. The van der Waals surface area contributed by atoms with Gasteiger partial charge in [0.1, 0.15) is 11.6 Å². The highest BCUT2D eigenvalue weighted by atomic mass is 19.4. The first-order valence-corrected chi connectivity index (χ1v) is 5.29. The van der Waals surface area contributed by atoms with E-state index in [4.69, 9.17) is 5.73 Å². The fourth-order valence-electron chi connectivity index (χ4n) is 1.83. The summed E-state index contributed by atoms with van der Waals surface area (Å²) in [6.45, 7) is 0. The monoisotopic (exact) mass is 256 g/mol. The Hall–Kier alpha value is -1.98. The second-order valence-electron chi connectivity index (χ2n) is 3.85. The number of rotatable bonds is 2. The maximum Gasteiger partial charge on any atom is 0.572 e. The molecule has 0 bridgehead atoms. The first-order chi connectivity index (χ1) is 8.46. The summed E-state index contributed by atoms with van der Waals surface area (Å²) in [5, 5.41) is 0. The average Bonchev–Trinajstić information content (AvgIpc) is 2.27. The zero-order valence-corrected chi connectivity index (χ0v) is 9.32. The number of aromatic nitrogens is 1. The van der Waals surface area contributed by atoms with Gasteiger partial charge in [-0.1, -0.05) is 18.2 Å². The van der Waals surface area contributed by atoms with Gasteiger partial charge in [-0.05, 0) is 12.1 Å². The van der Waals surface area contributed by atoms with Crippen LogP contribution in [0.15, 0.2) is 42.3 Å². The molecule has 2 N–H and O–H groups in total. The maximum absolute atomic E-state index is 12.1. The summed E-state index contributed by atoms with van der Waals surface area (Å²) in [7, 11) is 0. The van der Waals surface area contributed by atoms with E-state index in [1.165, 1.54) is 18.3 Å². The third-order valence-corrected chi connectivity index (χ3v) is 2.56. The Kier molecular flexibility index (Phi) is 3.27. The van der Waals surface area contributed by atoms with E-state index in [1.54, 1.807) is 18.2 Å². The van der Waals surface area contributed by atoms with Crippen molar-refractivity contribution >= 4 is 5.82 Å². The summed E-state index contributed by atoms with van der Waals surface area (Å²) >= 11 is 0. The Morgan fingerprint density at radius 2 is 2.17 bits per heavy atom. The van der Waals surface area contributed by atoms with Crippen LogP contribution in [-0.4, -0.2) is 11.3 Å². The van der Waals surface area contributed by atoms with Crippen LogP contribution in [0.3, 0.4) is 0 Å². The summed E-state index contributed by atoms with van der Waals surface area (Å²) in [6, 6.07) is 3.44. The molecule has 1 aliphatic rings. The molecule has 1 aliphatic carbocycles. The van der Waals surface area contributed by atoms with Crippen LogP contribution in [0.4, 0.5) is 19.0 Å². The number of hydrogen-bond donors (Lipinski definition) is 1. The summed E-state index contributed by atoms with van der Waals surface area (Å²) in [5.74, 6) is -0.0558. The normalized spacial score (nSPS) is 19.5. The van der Waals surface area contributed by atoms with Crippen molar-refractivity contribution in [2.75, 3.05) is 5.73 Å². The predicted octanol–water partition coefficient (Wildman–Crippen LogP) is 3.13. The largest absolute Gasteiger partial charge is 0.572 e. The van der Waals surface area contributed by atoms with Crippen molar-refractivity contribution in [3.8, 4) is 0 Å². The van der Waals surface area contributed by atoms with E-state index in [-0.39, 0.29) is 18.1 Å². The van der Waals surface area contributed by atoms with Crippen molar-refractivity contribution in [2.45, 2.75) is 18.7 Å². The van der Waals surface area contributed by atoms with Gasteiger partial charge in [-0.2, -0.15) is 0 Å². The highest BCUT2D eigenvalue weighted by Gasteiger charge is 2.33. The van der Waals surface area contributed by atoms with Crippen LogP contribution in [-0.2, 0) is 4.74 Å². The summed E-state index contributed by atoms with van der Waals surface area (Å²) in [5.41, 5.74) is 6.40. The van der Waals surface area contributed by atoms with Gasteiger partial charge in [0.05, 0.1) is 0 Å². The lowest BCUT2D eigenvalue weighted by Gasteiger charge is -2.20. The fourth-order valence-corrected chi connectivity index (χ4v) is 1.83. The number of hydrogen-bond acceptors (Lipinski definition) is 3. The molecule has 96 valence electrons. The second-order valence-corrected chi connectivity index (χ2v) is 3.85. The molecule has 1 atom stereocenters. The van der Waals surface area contributed by atoms with Crippen LogP contribution in [0.25, 0.3) is 0 Å². The number of anilines is 1. The van der Waals surface area contributed by atoms with Gasteiger partial charge in [0.25, 0.3) is 0 Å². The molecule has 0 aromatic carbocycles. The van der Waals surface area contributed by atoms with Crippen LogP contribution in [0, 0.1) is 0 Å². The molecule has 18 heavy (non-hydrogen) atoms. The molecule has 0 fully saturated rings. The van der Waals surface area contributed by atoms with E-state index in [2.05, 4.69) is 9.72 Å². The highest BCUT2D eigenvalue weighted by molar-refractivity contribution is 5.44. The van der Waals surface area contributed by atoms with E-state index in [1.807, 2.05) is 0 Å². The molecule has 3 nitrogen and oxygen atoms in total. The van der Waals surface area contributed by atoms with E-state index >= 15 is 0 Å². The lowest BCUT2D eigenvalue weighted by Crippen LogP contribution is -2.15. The number of alkyl halides is 3. The first-order valence-electron chi connectivity index (χ1n) is 5.29. The number of pyridine rings is 1. The smallest absolute Gasteiger partial charge is 0.410 e. The molecule has 0 saturated carbocycles. The van der Waals surface area contributed by atoms with Gasteiger partial charge in [0.15, 0.2) is 0 Å². The topological polar surface area (TPSA) is 48.1 Å². The SMILES string of the molecule is Nc1ncccc1C1C=CC=C(OC(F)(F)F)C1. The third-order valence-electron chi connectivity index (χ3n) is 2.56. The lowest BCUT2D eigenvalue weighted by molar-refractivity contribution is -0.306. The molecular weight excluding hydrogens is 245 g/mol. The number of nitrogen functional groups attached to an aromatic ring is 1. The van der Waals surface area contributed by atoms with Crippen LogP contribution >= 0.6 is 0 Å². The molecule has 1 unspecified atom stereocenters. The number of halogens is 3. The Balaban J connectivity index is 2.14. The lowest BCUT2D eigenvalue weighted by atomic mass is 9.92. The van der Waals surface area contributed by atoms with Crippen molar-refractivity contribution in [3.63, 3.8) is 0 Å². The maximum atomic E-state index is 12.1. The predicted molar refractivity (Wildman–Crippen MR) is 60.4 cm³/mol. The highest BCUT2D eigenvalue weighted by Crippen LogP contribution is 2.34. The van der Waals surface area contributed by atoms with Crippen molar-refractivity contribution in [1.29, 1.82) is 0 Å². The van der Waals surface area contributed by atoms with E-state index in [9.17, 15) is 13.2 Å². The van der Waals surface area contributed by atoms with Crippen LogP contribution in [0.5, 0.6) is 0 Å². The molecule has 0 saturated heterocycles. The van der Waals surface area contributed by atoms with Gasteiger partial charge in [-0.3, -0.25) is 0 Å².